The molecule has 0 saturated heterocycles. The summed E-state index contributed by atoms with van der Waals surface area (Å²) in [5.74, 6) is -0.637. The monoisotopic (exact) mass is 306 g/mol. The molecule has 1 aromatic carbocycles. The SMILES string of the molecule is O=C(O)c1cc(Cl)nc(N(CCO)Cc2ccccc2)c1. The van der Waals surface area contributed by atoms with Crippen LogP contribution in [0.1, 0.15) is 15.9 Å². The molecule has 0 radical (unpaired) electrons. The third-order valence-corrected chi connectivity index (χ3v) is 3.13. The summed E-state index contributed by atoms with van der Waals surface area (Å²) in [6, 6.07) is 12.4. The maximum Gasteiger partial charge on any atom is 0.335 e. The largest absolute Gasteiger partial charge is 0.478 e. The molecule has 1 heterocycles. The molecule has 5 nitrogen and oxygen atoms in total. The number of anilines is 1. The van der Waals surface area contributed by atoms with Crippen molar-refractivity contribution in [3.05, 3.63) is 58.7 Å². The highest BCUT2D eigenvalue weighted by atomic mass is 35.5. The molecular weight excluding hydrogens is 292 g/mol. The maximum absolute atomic E-state index is 11.1. The second kappa shape index (κ2) is 7.06. The summed E-state index contributed by atoms with van der Waals surface area (Å²) in [4.78, 5) is 17.0. The van der Waals surface area contributed by atoms with Crippen molar-refractivity contribution in [1.29, 1.82) is 0 Å². The van der Waals surface area contributed by atoms with Crippen molar-refractivity contribution in [2.45, 2.75) is 6.54 Å². The van der Waals surface area contributed by atoms with E-state index in [-0.39, 0.29) is 17.3 Å². The van der Waals surface area contributed by atoms with Gasteiger partial charge in [0, 0.05) is 13.1 Å². The first-order valence-electron chi connectivity index (χ1n) is 6.41. The number of rotatable bonds is 6. The van der Waals surface area contributed by atoms with Gasteiger partial charge in [-0.25, -0.2) is 9.78 Å². The van der Waals surface area contributed by atoms with Crippen LogP contribution in [0, 0.1) is 0 Å². The van der Waals surface area contributed by atoms with Crippen molar-refractivity contribution in [2.24, 2.45) is 0 Å². The predicted octanol–water partition coefficient (Wildman–Crippen LogP) is 2.43. The van der Waals surface area contributed by atoms with Gasteiger partial charge in [0.05, 0.1) is 12.2 Å². The van der Waals surface area contributed by atoms with E-state index in [2.05, 4.69) is 4.98 Å². The third kappa shape index (κ3) is 4.18. The van der Waals surface area contributed by atoms with Crippen molar-refractivity contribution >= 4 is 23.4 Å². The van der Waals surface area contributed by atoms with E-state index in [0.29, 0.717) is 18.9 Å². The van der Waals surface area contributed by atoms with Gasteiger partial charge < -0.3 is 15.1 Å². The van der Waals surface area contributed by atoms with Gasteiger partial charge >= 0.3 is 5.97 Å². The van der Waals surface area contributed by atoms with Crippen LogP contribution in [0.5, 0.6) is 0 Å². The highest BCUT2D eigenvalue weighted by Crippen LogP contribution is 2.20. The van der Waals surface area contributed by atoms with E-state index < -0.39 is 5.97 Å². The van der Waals surface area contributed by atoms with Crippen LogP contribution < -0.4 is 4.90 Å². The number of aromatic carboxylic acids is 1. The highest BCUT2D eigenvalue weighted by molar-refractivity contribution is 6.29. The normalized spacial score (nSPS) is 10.4. The first kappa shape index (κ1) is 15.3. The molecular formula is C15H15ClN2O3. The van der Waals surface area contributed by atoms with Gasteiger partial charge in [-0.3, -0.25) is 0 Å². The summed E-state index contributed by atoms with van der Waals surface area (Å²) in [7, 11) is 0. The lowest BCUT2D eigenvalue weighted by Crippen LogP contribution is -2.27. The Morgan fingerprint density at radius 2 is 1.95 bits per heavy atom. The van der Waals surface area contributed by atoms with Crippen LogP contribution >= 0.6 is 11.6 Å². The number of aromatic nitrogens is 1. The lowest BCUT2D eigenvalue weighted by Gasteiger charge is -2.23. The number of hydrogen-bond acceptors (Lipinski definition) is 4. The first-order valence-corrected chi connectivity index (χ1v) is 6.78. The molecule has 0 atom stereocenters. The minimum Gasteiger partial charge on any atom is -0.478 e. The Labute approximate surface area is 127 Å². The fraction of sp³-hybridized carbons (Fsp3) is 0.200. The van der Waals surface area contributed by atoms with Crippen molar-refractivity contribution in [3.63, 3.8) is 0 Å². The standard InChI is InChI=1S/C15H15ClN2O3/c16-13-8-12(15(20)21)9-14(17-13)18(6-7-19)10-11-4-2-1-3-5-11/h1-5,8-9,19H,6-7,10H2,(H,20,21). The molecule has 0 bridgehead atoms. The number of nitrogens with zero attached hydrogens (tertiary/aromatic N) is 2. The minimum atomic E-state index is -1.07. The van der Waals surface area contributed by atoms with E-state index in [1.54, 1.807) is 4.90 Å². The Hall–Kier alpha value is -2.11. The first-order chi connectivity index (χ1) is 10.1. The van der Waals surface area contributed by atoms with Crippen LogP contribution in [-0.2, 0) is 6.54 Å². The third-order valence-electron chi connectivity index (χ3n) is 2.94. The zero-order valence-electron chi connectivity index (χ0n) is 11.2. The van der Waals surface area contributed by atoms with E-state index in [9.17, 15) is 9.90 Å². The molecule has 0 saturated carbocycles. The molecule has 6 heteroatoms. The van der Waals surface area contributed by atoms with Gasteiger partial charge in [-0.05, 0) is 17.7 Å². The summed E-state index contributed by atoms with van der Waals surface area (Å²) in [6.07, 6.45) is 0. The van der Waals surface area contributed by atoms with Crippen LogP contribution in [-0.4, -0.2) is 34.3 Å². The molecule has 110 valence electrons. The quantitative estimate of drug-likeness (QED) is 0.802. The van der Waals surface area contributed by atoms with E-state index >= 15 is 0 Å². The number of hydrogen-bond donors (Lipinski definition) is 2. The Kier molecular flexibility index (Phi) is 5.14. The summed E-state index contributed by atoms with van der Waals surface area (Å²) < 4.78 is 0. The van der Waals surface area contributed by atoms with E-state index in [4.69, 9.17) is 16.7 Å². The van der Waals surface area contributed by atoms with Gasteiger partial charge in [0.15, 0.2) is 0 Å². The van der Waals surface area contributed by atoms with Gasteiger partial charge in [0.1, 0.15) is 11.0 Å². The lowest BCUT2D eigenvalue weighted by atomic mass is 10.2. The van der Waals surface area contributed by atoms with Gasteiger partial charge in [0.25, 0.3) is 0 Å². The summed E-state index contributed by atoms with van der Waals surface area (Å²) >= 11 is 5.88. The molecule has 0 fully saturated rings. The maximum atomic E-state index is 11.1. The lowest BCUT2D eigenvalue weighted by molar-refractivity contribution is 0.0697. The van der Waals surface area contributed by atoms with Crippen molar-refractivity contribution < 1.29 is 15.0 Å². The molecule has 2 aromatic rings. The number of benzene rings is 1. The molecule has 2 rings (SSSR count). The number of carbonyl (C=O) groups is 1. The van der Waals surface area contributed by atoms with Crippen molar-refractivity contribution in [3.8, 4) is 0 Å². The number of pyridine rings is 1. The second-order valence-corrected chi connectivity index (χ2v) is 4.86. The molecule has 0 aliphatic rings. The highest BCUT2D eigenvalue weighted by Gasteiger charge is 2.13. The summed E-state index contributed by atoms with van der Waals surface area (Å²) in [5, 5.41) is 18.4. The molecule has 21 heavy (non-hydrogen) atoms. The summed E-state index contributed by atoms with van der Waals surface area (Å²) in [5.41, 5.74) is 1.10. The average molecular weight is 307 g/mol. The molecule has 1 aromatic heterocycles. The smallest absolute Gasteiger partial charge is 0.335 e. The number of aliphatic hydroxyl groups excluding tert-OH is 1. The fourth-order valence-electron chi connectivity index (χ4n) is 1.97. The number of aliphatic hydroxyl groups is 1. The molecule has 0 unspecified atom stereocenters. The van der Waals surface area contributed by atoms with Crippen molar-refractivity contribution in [2.75, 3.05) is 18.1 Å². The zero-order valence-corrected chi connectivity index (χ0v) is 12.0. The molecule has 0 aliphatic heterocycles. The molecule has 2 N–H and O–H groups in total. The average Bonchev–Trinajstić information content (AvgIpc) is 2.47. The molecule has 0 spiro atoms. The van der Waals surface area contributed by atoms with Gasteiger partial charge in [-0.15, -0.1) is 0 Å². The van der Waals surface area contributed by atoms with E-state index in [1.165, 1.54) is 12.1 Å². The topological polar surface area (TPSA) is 73.7 Å². The van der Waals surface area contributed by atoms with Gasteiger partial charge in [0.2, 0.25) is 0 Å². The zero-order chi connectivity index (χ0) is 15.2. The Balaban J connectivity index is 2.31. The predicted molar refractivity (Wildman–Crippen MR) is 80.8 cm³/mol. The van der Waals surface area contributed by atoms with Crippen molar-refractivity contribution in [1.82, 2.24) is 4.98 Å². The molecule has 0 amide bonds. The fourth-order valence-corrected chi connectivity index (χ4v) is 2.17. The summed E-state index contributed by atoms with van der Waals surface area (Å²) in [6.45, 7) is 0.776. The van der Waals surface area contributed by atoms with Crippen LogP contribution in [0.4, 0.5) is 5.82 Å². The minimum absolute atomic E-state index is 0.0660. The number of carboxylic acid groups (broad SMARTS) is 1. The van der Waals surface area contributed by atoms with Gasteiger partial charge in [-0.1, -0.05) is 41.9 Å². The number of halogens is 1. The molecule has 0 aliphatic carbocycles. The Bertz CT molecular complexity index is 620. The van der Waals surface area contributed by atoms with Crippen LogP contribution in [0.3, 0.4) is 0 Å². The second-order valence-electron chi connectivity index (χ2n) is 4.47. The van der Waals surface area contributed by atoms with Crippen LogP contribution in [0.15, 0.2) is 42.5 Å². The Morgan fingerprint density at radius 3 is 2.57 bits per heavy atom. The number of carboxylic acids is 1. The van der Waals surface area contributed by atoms with Crippen LogP contribution in [0.2, 0.25) is 5.15 Å². The Morgan fingerprint density at radius 1 is 1.24 bits per heavy atom. The van der Waals surface area contributed by atoms with E-state index in [1.807, 2.05) is 30.3 Å². The van der Waals surface area contributed by atoms with E-state index in [0.717, 1.165) is 5.56 Å². The van der Waals surface area contributed by atoms with Gasteiger partial charge in [-0.2, -0.15) is 0 Å². The van der Waals surface area contributed by atoms with Crippen LogP contribution in [0.25, 0.3) is 0 Å².